The number of rotatable bonds is 4. The lowest BCUT2D eigenvalue weighted by molar-refractivity contribution is -0.118. The molecule has 0 aliphatic carbocycles. The Morgan fingerprint density at radius 2 is 2.13 bits per heavy atom. The molecule has 1 N–H and O–H groups in total. The van der Waals surface area contributed by atoms with Gasteiger partial charge in [0.15, 0.2) is 0 Å². The summed E-state index contributed by atoms with van der Waals surface area (Å²) in [6.45, 7) is 4.90. The third-order valence-electron chi connectivity index (χ3n) is 2.34. The van der Waals surface area contributed by atoms with Gasteiger partial charge in [0.25, 0.3) is 0 Å². The van der Waals surface area contributed by atoms with E-state index in [-0.39, 0.29) is 5.91 Å². The van der Waals surface area contributed by atoms with E-state index in [1.165, 1.54) is 16.7 Å². The fourth-order valence-electron chi connectivity index (χ4n) is 1.51. The number of halogens is 1. The third-order valence-corrected chi connectivity index (χ3v) is 2.85. The third kappa shape index (κ3) is 4.04. The molecule has 0 saturated heterocycles. The molecule has 0 heterocycles. The van der Waals surface area contributed by atoms with Gasteiger partial charge in [0, 0.05) is 6.54 Å². The van der Waals surface area contributed by atoms with Gasteiger partial charge in [-0.2, -0.15) is 0 Å². The van der Waals surface area contributed by atoms with E-state index in [1.807, 2.05) is 0 Å². The smallest absolute Gasteiger partial charge is 0.230 e. The van der Waals surface area contributed by atoms with Crippen LogP contribution in [-0.2, 0) is 11.2 Å². The van der Waals surface area contributed by atoms with Crippen LogP contribution in [-0.4, -0.2) is 17.8 Å². The Labute approximate surface area is 99.2 Å². The number of hydrogen-bond acceptors (Lipinski definition) is 1. The van der Waals surface area contributed by atoms with E-state index in [4.69, 9.17) is 0 Å². The second kappa shape index (κ2) is 5.91. The monoisotopic (exact) mass is 269 g/mol. The molecule has 82 valence electrons. The van der Waals surface area contributed by atoms with Crippen LogP contribution in [0.5, 0.6) is 0 Å². The molecule has 0 unspecified atom stereocenters. The van der Waals surface area contributed by atoms with Gasteiger partial charge in [0.1, 0.15) is 0 Å². The molecule has 1 amide bonds. The maximum absolute atomic E-state index is 11.0. The Bertz CT molecular complexity index is 349. The molecule has 0 saturated carbocycles. The van der Waals surface area contributed by atoms with E-state index >= 15 is 0 Å². The van der Waals surface area contributed by atoms with Crippen LogP contribution in [0.25, 0.3) is 0 Å². The van der Waals surface area contributed by atoms with Crippen molar-refractivity contribution < 1.29 is 4.79 Å². The first-order valence-corrected chi connectivity index (χ1v) is 6.14. The van der Waals surface area contributed by atoms with Crippen molar-refractivity contribution in [3.63, 3.8) is 0 Å². The highest BCUT2D eigenvalue weighted by Crippen LogP contribution is 2.10. The summed E-state index contributed by atoms with van der Waals surface area (Å²) < 4.78 is 0. The van der Waals surface area contributed by atoms with Crippen LogP contribution < -0.4 is 5.32 Å². The highest BCUT2D eigenvalue weighted by Gasteiger charge is 2.00. The number of alkyl halides is 1. The number of nitrogens with one attached hydrogen (secondary N) is 1. The molecule has 0 spiro atoms. The van der Waals surface area contributed by atoms with Gasteiger partial charge in [-0.05, 0) is 31.4 Å². The van der Waals surface area contributed by atoms with Gasteiger partial charge in [-0.25, -0.2) is 0 Å². The number of carbonyl (C=O) groups is 1. The molecule has 0 aromatic heterocycles. The van der Waals surface area contributed by atoms with Gasteiger partial charge in [-0.1, -0.05) is 39.7 Å². The fourth-order valence-corrected chi connectivity index (χ4v) is 1.71. The Morgan fingerprint density at radius 1 is 1.40 bits per heavy atom. The average Bonchev–Trinajstić information content (AvgIpc) is 2.21. The minimum Gasteiger partial charge on any atom is -0.355 e. The lowest BCUT2D eigenvalue weighted by Crippen LogP contribution is -2.26. The Hall–Kier alpha value is -0.830. The first-order chi connectivity index (χ1) is 7.13. The lowest BCUT2D eigenvalue weighted by Gasteiger charge is -2.07. The van der Waals surface area contributed by atoms with Gasteiger partial charge in [-0.15, -0.1) is 0 Å². The summed E-state index contributed by atoms with van der Waals surface area (Å²) in [5.74, 6) is 0.0414. The summed E-state index contributed by atoms with van der Waals surface area (Å²) in [7, 11) is 0. The second-order valence-electron chi connectivity index (χ2n) is 3.66. The molecule has 1 aromatic rings. The van der Waals surface area contributed by atoms with Gasteiger partial charge in [0.05, 0.1) is 5.33 Å². The highest BCUT2D eigenvalue weighted by atomic mass is 79.9. The Balaban J connectivity index is 2.47. The van der Waals surface area contributed by atoms with E-state index in [1.54, 1.807) is 0 Å². The predicted molar refractivity (Wildman–Crippen MR) is 66.4 cm³/mol. The molecule has 1 aromatic carbocycles. The van der Waals surface area contributed by atoms with E-state index in [9.17, 15) is 4.79 Å². The molecule has 0 bridgehead atoms. The molecule has 0 atom stereocenters. The maximum atomic E-state index is 11.0. The molecule has 0 aliphatic heterocycles. The van der Waals surface area contributed by atoms with Crippen molar-refractivity contribution in [1.29, 1.82) is 0 Å². The summed E-state index contributed by atoms with van der Waals surface area (Å²) in [5, 5.41) is 3.21. The van der Waals surface area contributed by atoms with Crippen molar-refractivity contribution in [2.45, 2.75) is 20.3 Å². The molecular weight excluding hydrogens is 254 g/mol. The van der Waals surface area contributed by atoms with Crippen LogP contribution in [0.2, 0.25) is 0 Å². The maximum Gasteiger partial charge on any atom is 0.230 e. The molecule has 0 fully saturated rings. The van der Waals surface area contributed by atoms with Crippen molar-refractivity contribution >= 4 is 21.8 Å². The molecule has 0 aliphatic rings. The molecule has 15 heavy (non-hydrogen) atoms. The Morgan fingerprint density at radius 3 is 2.73 bits per heavy atom. The quantitative estimate of drug-likeness (QED) is 0.836. The average molecular weight is 270 g/mol. The van der Waals surface area contributed by atoms with Gasteiger partial charge in [0.2, 0.25) is 5.91 Å². The molecular formula is C12H16BrNO. The highest BCUT2D eigenvalue weighted by molar-refractivity contribution is 9.09. The fraction of sp³-hybridized carbons (Fsp3) is 0.417. The summed E-state index contributed by atoms with van der Waals surface area (Å²) in [6, 6.07) is 6.40. The zero-order chi connectivity index (χ0) is 11.3. The minimum atomic E-state index is 0.0414. The van der Waals surface area contributed by atoms with Crippen molar-refractivity contribution in [3.8, 4) is 0 Å². The zero-order valence-electron chi connectivity index (χ0n) is 9.14. The standard InChI is InChI=1S/C12H16BrNO/c1-9-3-4-11(10(2)7-9)5-6-14-12(15)8-13/h3-4,7H,5-6,8H2,1-2H3,(H,14,15). The molecule has 3 heteroatoms. The van der Waals surface area contributed by atoms with Crippen LogP contribution in [0.15, 0.2) is 18.2 Å². The second-order valence-corrected chi connectivity index (χ2v) is 4.22. The van der Waals surface area contributed by atoms with Crippen LogP contribution in [0.3, 0.4) is 0 Å². The van der Waals surface area contributed by atoms with Crippen molar-refractivity contribution in [3.05, 3.63) is 34.9 Å². The van der Waals surface area contributed by atoms with Crippen molar-refractivity contribution in [2.24, 2.45) is 0 Å². The van der Waals surface area contributed by atoms with Gasteiger partial charge in [-0.3, -0.25) is 4.79 Å². The number of aryl methyl sites for hydroxylation is 2. The molecule has 1 rings (SSSR count). The van der Waals surface area contributed by atoms with Crippen molar-refractivity contribution in [1.82, 2.24) is 5.32 Å². The minimum absolute atomic E-state index is 0.0414. The van der Waals surface area contributed by atoms with Crippen molar-refractivity contribution in [2.75, 3.05) is 11.9 Å². The normalized spacial score (nSPS) is 10.1. The summed E-state index contributed by atoms with van der Waals surface area (Å²) in [4.78, 5) is 11.0. The van der Waals surface area contributed by atoms with E-state index in [0.29, 0.717) is 11.9 Å². The summed E-state index contributed by atoms with van der Waals surface area (Å²) >= 11 is 3.11. The van der Waals surface area contributed by atoms with Crippen LogP contribution in [0.4, 0.5) is 0 Å². The number of amides is 1. The molecule has 0 radical (unpaired) electrons. The van der Waals surface area contributed by atoms with E-state index in [0.717, 1.165) is 6.42 Å². The number of hydrogen-bond donors (Lipinski definition) is 1. The first kappa shape index (κ1) is 12.2. The SMILES string of the molecule is Cc1ccc(CCNC(=O)CBr)c(C)c1. The van der Waals surface area contributed by atoms with Gasteiger partial charge >= 0.3 is 0 Å². The lowest BCUT2D eigenvalue weighted by atomic mass is 10.0. The summed E-state index contributed by atoms with van der Waals surface area (Å²) in [5.41, 5.74) is 3.87. The first-order valence-electron chi connectivity index (χ1n) is 5.02. The Kier molecular flexibility index (Phi) is 4.82. The van der Waals surface area contributed by atoms with Crippen LogP contribution >= 0.6 is 15.9 Å². The van der Waals surface area contributed by atoms with Gasteiger partial charge < -0.3 is 5.32 Å². The topological polar surface area (TPSA) is 29.1 Å². The summed E-state index contributed by atoms with van der Waals surface area (Å²) in [6.07, 6.45) is 0.894. The molecule has 2 nitrogen and oxygen atoms in total. The van der Waals surface area contributed by atoms with E-state index in [2.05, 4.69) is 53.3 Å². The van der Waals surface area contributed by atoms with E-state index < -0.39 is 0 Å². The zero-order valence-corrected chi connectivity index (χ0v) is 10.7. The van der Waals surface area contributed by atoms with Crippen LogP contribution in [0.1, 0.15) is 16.7 Å². The van der Waals surface area contributed by atoms with Crippen LogP contribution in [0, 0.1) is 13.8 Å². The number of carbonyl (C=O) groups excluding carboxylic acids is 1. The predicted octanol–water partition coefficient (Wildman–Crippen LogP) is 2.36. The number of benzene rings is 1. The largest absolute Gasteiger partial charge is 0.355 e.